The Bertz CT molecular complexity index is 1030. The fraction of sp³-hybridized carbons (Fsp3) is 0.286. The van der Waals surface area contributed by atoms with E-state index in [2.05, 4.69) is 43.2 Å². The van der Waals surface area contributed by atoms with Crippen LogP contribution in [0.5, 0.6) is 0 Å². The highest BCUT2D eigenvalue weighted by atomic mass is 32.2. The van der Waals surface area contributed by atoms with Crippen LogP contribution in [0.25, 0.3) is 10.9 Å². The van der Waals surface area contributed by atoms with Crippen molar-refractivity contribution in [3.8, 4) is 0 Å². The summed E-state index contributed by atoms with van der Waals surface area (Å²) in [5, 5.41) is 4.11. The Labute approximate surface area is 155 Å². The van der Waals surface area contributed by atoms with Crippen LogP contribution >= 0.6 is 0 Å². The third kappa shape index (κ3) is 3.88. The van der Waals surface area contributed by atoms with Gasteiger partial charge in [-0.15, -0.1) is 0 Å². The van der Waals surface area contributed by atoms with E-state index in [4.69, 9.17) is 0 Å². The second kappa shape index (κ2) is 6.72. The number of anilines is 2. The summed E-state index contributed by atoms with van der Waals surface area (Å²) in [5.74, 6) is 0.822. The predicted molar refractivity (Wildman–Crippen MR) is 108 cm³/mol. The van der Waals surface area contributed by atoms with Gasteiger partial charge in [0.05, 0.1) is 16.2 Å². The van der Waals surface area contributed by atoms with Crippen molar-refractivity contribution in [1.82, 2.24) is 4.98 Å². The zero-order valence-electron chi connectivity index (χ0n) is 15.6. The normalized spacial score (nSPS) is 12.3. The topological polar surface area (TPSA) is 59.1 Å². The van der Waals surface area contributed by atoms with Crippen molar-refractivity contribution in [2.45, 2.75) is 38.0 Å². The number of nitrogens with zero attached hydrogens (tertiary/aromatic N) is 1. The molecule has 1 aromatic heterocycles. The van der Waals surface area contributed by atoms with Crippen LogP contribution in [0.3, 0.4) is 0 Å². The number of nitrogens with one attached hydrogen (secondary N) is 1. The van der Waals surface area contributed by atoms with Crippen molar-refractivity contribution in [2.24, 2.45) is 0 Å². The number of rotatable bonds is 4. The third-order valence-electron chi connectivity index (χ3n) is 4.42. The lowest BCUT2D eigenvalue weighted by Crippen LogP contribution is -2.10. The van der Waals surface area contributed by atoms with E-state index in [1.807, 2.05) is 24.3 Å². The number of benzene rings is 2. The number of aromatic nitrogens is 1. The molecule has 3 rings (SSSR count). The Hall–Kier alpha value is -2.40. The smallest absolute Gasteiger partial charge is 0.178 e. The van der Waals surface area contributed by atoms with Crippen LogP contribution in [0.4, 0.5) is 11.5 Å². The minimum atomic E-state index is -3.21. The molecule has 0 amide bonds. The van der Waals surface area contributed by atoms with Gasteiger partial charge >= 0.3 is 0 Å². The van der Waals surface area contributed by atoms with Gasteiger partial charge in [-0.25, -0.2) is 13.4 Å². The van der Waals surface area contributed by atoms with Crippen LogP contribution in [-0.4, -0.2) is 19.2 Å². The van der Waals surface area contributed by atoms with Crippen LogP contribution in [0.15, 0.2) is 59.5 Å². The van der Waals surface area contributed by atoms with Crippen molar-refractivity contribution in [1.29, 1.82) is 0 Å². The van der Waals surface area contributed by atoms with Crippen molar-refractivity contribution < 1.29 is 8.42 Å². The van der Waals surface area contributed by atoms with Crippen molar-refractivity contribution in [3.05, 3.63) is 60.2 Å². The number of pyridine rings is 1. The van der Waals surface area contributed by atoms with Gasteiger partial charge < -0.3 is 5.32 Å². The minimum Gasteiger partial charge on any atom is -0.340 e. The fourth-order valence-electron chi connectivity index (χ4n) is 2.73. The zero-order chi connectivity index (χ0) is 18.9. The SMILES string of the molecule is CCS(=O)(=O)c1ccc2nc(Nc3ccc(C(C)(C)C)cc3)ccc2c1. The summed E-state index contributed by atoms with van der Waals surface area (Å²) in [6, 6.07) is 17.1. The average molecular weight is 369 g/mol. The highest BCUT2D eigenvalue weighted by Gasteiger charge is 2.14. The first-order valence-corrected chi connectivity index (χ1v) is 10.4. The lowest BCUT2D eigenvalue weighted by molar-refractivity contribution is 0.590. The number of hydrogen-bond donors (Lipinski definition) is 1. The number of hydrogen-bond acceptors (Lipinski definition) is 4. The lowest BCUT2D eigenvalue weighted by atomic mass is 9.87. The van der Waals surface area contributed by atoms with Crippen LogP contribution in [0, 0.1) is 0 Å². The van der Waals surface area contributed by atoms with Crippen LogP contribution < -0.4 is 5.32 Å². The molecule has 3 aromatic rings. The molecule has 0 spiro atoms. The third-order valence-corrected chi connectivity index (χ3v) is 6.16. The minimum absolute atomic E-state index is 0.0934. The van der Waals surface area contributed by atoms with Crippen molar-refractivity contribution in [2.75, 3.05) is 11.1 Å². The first-order chi connectivity index (χ1) is 12.2. The maximum atomic E-state index is 12.0. The number of sulfone groups is 1. The van der Waals surface area contributed by atoms with E-state index < -0.39 is 9.84 Å². The molecule has 1 N–H and O–H groups in total. The maximum Gasteiger partial charge on any atom is 0.178 e. The molecular weight excluding hydrogens is 344 g/mol. The van der Waals surface area contributed by atoms with Crippen LogP contribution in [-0.2, 0) is 15.3 Å². The van der Waals surface area contributed by atoms with E-state index in [1.54, 1.807) is 25.1 Å². The van der Waals surface area contributed by atoms with Gasteiger partial charge in [0.1, 0.15) is 5.82 Å². The van der Waals surface area contributed by atoms with Gasteiger partial charge in [0.2, 0.25) is 0 Å². The molecule has 2 aromatic carbocycles. The summed E-state index contributed by atoms with van der Waals surface area (Å²) in [7, 11) is -3.21. The van der Waals surface area contributed by atoms with E-state index in [-0.39, 0.29) is 11.2 Å². The summed E-state index contributed by atoms with van der Waals surface area (Å²) in [6.07, 6.45) is 0. The Balaban J connectivity index is 1.87. The molecule has 0 saturated carbocycles. The summed E-state index contributed by atoms with van der Waals surface area (Å²) in [6.45, 7) is 8.21. The fourth-order valence-corrected chi connectivity index (χ4v) is 3.65. The molecular formula is C21H24N2O2S. The molecule has 0 aliphatic heterocycles. The lowest BCUT2D eigenvalue weighted by Gasteiger charge is -2.19. The molecule has 0 aliphatic carbocycles. The quantitative estimate of drug-likeness (QED) is 0.698. The van der Waals surface area contributed by atoms with E-state index in [0.717, 1.165) is 22.4 Å². The zero-order valence-corrected chi connectivity index (χ0v) is 16.4. The molecule has 0 bridgehead atoms. The molecule has 0 aliphatic rings. The van der Waals surface area contributed by atoms with Gasteiger partial charge in [-0.3, -0.25) is 0 Å². The van der Waals surface area contributed by atoms with Gasteiger partial charge in [0.15, 0.2) is 9.84 Å². The van der Waals surface area contributed by atoms with Crippen LogP contribution in [0.2, 0.25) is 0 Å². The molecule has 0 atom stereocenters. The molecule has 4 nitrogen and oxygen atoms in total. The molecule has 0 fully saturated rings. The molecule has 0 saturated heterocycles. The van der Waals surface area contributed by atoms with Crippen molar-refractivity contribution >= 4 is 32.2 Å². The van der Waals surface area contributed by atoms with Gasteiger partial charge in [-0.05, 0) is 53.4 Å². The Morgan fingerprint density at radius 1 is 0.962 bits per heavy atom. The highest BCUT2D eigenvalue weighted by Crippen LogP contribution is 2.26. The van der Waals surface area contributed by atoms with Gasteiger partial charge in [0, 0.05) is 11.1 Å². The van der Waals surface area contributed by atoms with Crippen molar-refractivity contribution in [3.63, 3.8) is 0 Å². The van der Waals surface area contributed by atoms with E-state index in [9.17, 15) is 8.42 Å². The second-order valence-electron chi connectivity index (χ2n) is 7.41. The first kappa shape index (κ1) is 18.4. The van der Waals surface area contributed by atoms with Gasteiger partial charge in [0.25, 0.3) is 0 Å². The summed E-state index contributed by atoms with van der Waals surface area (Å²) in [4.78, 5) is 4.93. The molecule has 5 heteroatoms. The first-order valence-electron chi connectivity index (χ1n) is 8.70. The average Bonchev–Trinajstić information content (AvgIpc) is 2.61. The van der Waals surface area contributed by atoms with E-state index >= 15 is 0 Å². The standard InChI is InChI=1S/C21H24N2O2S/c1-5-26(24,25)18-11-12-19-15(14-18)6-13-20(23-19)22-17-9-7-16(8-10-17)21(2,3)4/h6-14H,5H2,1-4H3,(H,22,23). The van der Waals surface area contributed by atoms with Gasteiger partial charge in [-0.1, -0.05) is 39.8 Å². The Morgan fingerprint density at radius 3 is 2.27 bits per heavy atom. The number of fused-ring (bicyclic) bond motifs is 1. The molecule has 0 radical (unpaired) electrons. The Kier molecular flexibility index (Phi) is 4.76. The molecule has 136 valence electrons. The molecule has 0 unspecified atom stereocenters. The molecule has 26 heavy (non-hydrogen) atoms. The summed E-state index contributed by atoms with van der Waals surface area (Å²) < 4.78 is 24.0. The Morgan fingerprint density at radius 2 is 1.65 bits per heavy atom. The molecule has 1 heterocycles. The monoisotopic (exact) mass is 368 g/mol. The van der Waals surface area contributed by atoms with Gasteiger partial charge in [-0.2, -0.15) is 0 Å². The summed E-state index contributed by atoms with van der Waals surface area (Å²) in [5.41, 5.74) is 3.13. The van der Waals surface area contributed by atoms with E-state index in [1.165, 1.54) is 5.56 Å². The second-order valence-corrected chi connectivity index (χ2v) is 9.69. The van der Waals surface area contributed by atoms with Crippen LogP contribution in [0.1, 0.15) is 33.3 Å². The predicted octanol–water partition coefficient (Wildman–Crippen LogP) is 5.07. The highest BCUT2D eigenvalue weighted by molar-refractivity contribution is 7.91. The summed E-state index contributed by atoms with van der Waals surface area (Å²) >= 11 is 0. The van der Waals surface area contributed by atoms with E-state index in [0.29, 0.717) is 4.90 Å². The largest absolute Gasteiger partial charge is 0.340 e. The maximum absolute atomic E-state index is 12.0.